The summed E-state index contributed by atoms with van der Waals surface area (Å²) in [5.41, 5.74) is 5.80. The summed E-state index contributed by atoms with van der Waals surface area (Å²) in [5.74, 6) is 1.51. The molecule has 0 heterocycles. The van der Waals surface area contributed by atoms with Crippen molar-refractivity contribution >= 4 is 0 Å². The quantitative estimate of drug-likeness (QED) is 0.642. The van der Waals surface area contributed by atoms with E-state index in [1.807, 2.05) is 0 Å². The molecule has 0 fully saturated rings. The number of hydrogen-bond donors (Lipinski definition) is 1. The standard InChI is InChI=1S/C9H21N/c1-5-9(8(4)10)6-7(2)3/h7-9H,5-6,10H2,1-4H3. The molecule has 0 saturated carbocycles. The van der Waals surface area contributed by atoms with E-state index in [2.05, 4.69) is 27.7 Å². The summed E-state index contributed by atoms with van der Waals surface area (Å²) >= 11 is 0. The van der Waals surface area contributed by atoms with E-state index in [-0.39, 0.29) is 0 Å². The van der Waals surface area contributed by atoms with E-state index in [9.17, 15) is 0 Å². The molecule has 2 N–H and O–H groups in total. The first-order chi connectivity index (χ1) is 4.57. The molecule has 0 aromatic rings. The van der Waals surface area contributed by atoms with E-state index in [1.165, 1.54) is 12.8 Å². The minimum absolute atomic E-state index is 0.368. The first-order valence-corrected chi connectivity index (χ1v) is 4.33. The molecular weight excluding hydrogens is 122 g/mol. The SMILES string of the molecule is CCC(CC(C)C)C(C)N. The Kier molecular flexibility index (Phi) is 4.71. The molecule has 0 aromatic carbocycles. The molecule has 2 unspecified atom stereocenters. The van der Waals surface area contributed by atoms with Crippen LogP contribution < -0.4 is 5.73 Å². The predicted molar refractivity (Wildman–Crippen MR) is 46.9 cm³/mol. The van der Waals surface area contributed by atoms with Crippen LogP contribution in [0.2, 0.25) is 0 Å². The van der Waals surface area contributed by atoms with Crippen molar-refractivity contribution in [1.82, 2.24) is 0 Å². The van der Waals surface area contributed by atoms with E-state index in [0.717, 1.165) is 11.8 Å². The van der Waals surface area contributed by atoms with Gasteiger partial charge in [0.25, 0.3) is 0 Å². The smallest absolute Gasteiger partial charge is 0.00387 e. The van der Waals surface area contributed by atoms with E-state index in [4.69, 9.17) is 5.73 Å². The molecule has 0 rings (SSSR count). The van der Waals surface area contributed by atoms with Crippen LogP contribution in [0.4, 0.5) is 0 Å². The lowest BCUT2D eigenvalue weighted by atomic mass is 9.90. The van der Waals surface area contributed by atoms with Gasteiger partial charge in [-0.15, -0.1) is 0 Å². The molecule has 62 valence electrons. The van der Waals surface area contributed by atoms with Crippen molar-refractivity contribution < 1.29 is 0 Å². The van der Waals surface area contributed by atoms with Crippen molar-refractivity contribution in [3.8, 4) is 0 Å². The Hall–Kier alpha value is -0.0400. The third-order valence-corrected chi connectivity index (χ3v) is 2.04. The van der Waals surface area contributed by atoms with E-state index >= 15 is 0 Å². The van der Waals surface area contributed by atoms with Gasteiger partial charge in [-0.1, -0.05) is 27.2 Å². The van der Waals surface area contributed by atoms with E-state index in [1.54, 1.807) is 0 Å². The molecule has 0 amide bonds. The fourth-order valence-corrected chi connectivity index (χ4v) is 1.36. The van der Waals surface area contributed by atoms with Gasteiger partial charge in [-0.25, -0.2) is 0 Å². The minimum atomic E-state index is 0.368. The molecule has 1 nitrogen and oxygen atoms in total. The number of nitrogens with two attached hydrogens (primary N) is 1. The summed E-state index contributed by atoms with van der Waals surface area (Å²) < 4.78 is 0. The van der Waals surface area contributed by atoms with Gasteiger partial charge >= 0.3 is 0 Å². The first kappa shape index (κ1) is 9.96. The fourth-order valence-electron chi connectivity index (χ4n) is 1.36. The average Bonchev–Trinajstić information content (AvgIpc) is 1.81. The van der Waals surface area contributed by atoms with Gasteiger partial charge in [-0.05, 0) is 25.2 Å². The second-order valence-corrected chi connectivity index (χ2v) is 3.66. The highest BCUT2D eigenvalue weighted by Gasteiger charge is 2.12. The molecule has 0 radical (unpaired) electrons. The van der Waals surface area contributed by atoms with Crippen LogP contribution >= 0.6 is 0 Å². The molecular formula is C9H21N. The highest BCUT2D eigenvalue weighted by molar-refractivity contribution is 4.68. The maximum Gasteiger partial charge on any atom is 0.00387 e. The van der Waals surface area contributed by atoms with E-state index in [0.29, 0.717) is 6.04 Å². The Balaban J connectivity index is 3.60. The van der Waals surface area contributed by atoms with Crippen LogP contribution in [-0.4, -0.2) is 6.04 Å². The molecule has 0 aliphatic carbocycles. The van der Waals surface area contributed by atoms with Crippen molar-refractivity contribution in [1.29, 1.82) is 0 Å². The second kappa shape index (κ2) is 4.73. The summed E-state index contributed by atoms with van der Waals surface area (Å²) in [6.45, 7) is 8.84. The molecule has 0 aromatic heterocycles. The monoisotopic (exact) mass is 143 g/mol. The van der Waals surface area contributed by atoms with Crippen molar-refractivity contribution in [2.45, 2.75) is 46.6 Å². The van der Waals surface area contributed by atoms with Crippen molar-refractivity contribution in [3.05, 3.63) is 0 Å². The van der Waals surface area contributed by atoms with Crippen molar-refractivity contribution in [3.63, 3.8) is 0 Å². The summed E-state index contributed by atoms with van der Waals surface area (Å²) in [5, 5.41) is 0. The zero-order chi connectivity index (χ0) is 8.15. The predicted octanol–water partition coefficient (Wildman–Crippen LogP) is 2.41. The summed E-state index contributed by atoms with van der Waals surface area (Å²) in [7, 11) is 0. The molecule has 2 atom stereocenters. The molecule has 0 saturated heterocycles. The maximum absolute atomic E-state index is 5.80. The molecule has 0 spiro atoms. The average molecular weight is 143 g/mol. The second-order valence-electron chi connectivity index (χ2n) is 3.66. The normalized spacial score (nSPS) is 17.4. The van der Waals surface area contributed by atoms with Crippen LogP contribution in [0.15, 0.2) is 0 Å². The van der Waals surface area contributed by atoms with Gasteiger partial charge in [0.2, 0.25) is 0 Å². The van der Waals surface area contributed by atoms with E-state index < -0.39 is 0 Å². The lowest BCUT2D eigenvalue weighted by molar-refractivity contribution is 0.350. The largest absolute Gasteiger partial charge is 0.328 e. The van der Waals surface area contributed by atoms with Crippen LogP contribution in [0.25, 0.3) is 0 Å². The summed E-state index contributed by atoms with van der Waals surface area (Å²) in [6.07, 6.45) is 2.49. The van der Waals surface area contributed by atoms with Crippen LogP contribution in [0.1, 0.15) is 40.5 Å². The minimum Gasteiger partial charge on any atom is -0.328 e. The molecule has 0 bridgehead atoms. The zero-order valence-electron chi connectivity index (χ0n) is 7.72. The van der Waals surface area contributed by atoms with Crippen molar-refractivity contribution in [2.75, 3.05) is 0 Å². The molecule has 0 aliphatic rings. The summed E-state index contributed by atoms with van der Waals surface area (Å²) in [4.78, 5) is 0. The highest BCUT2D eigenvalue weighted by atomic mass is 14.6. The van der Waals surface area contributed by atoms with Gasteiger partial charge in [-0.3, -0.25) is 0 Å². The van der Waals surface area contributed by atoms with Crippen LogP contribution in [0.5, 0.6) is 0 Å². The molecule has 1 heteroatoms. The summed E-state index contributed by atoms with van der Waals surface area (Å²) in [6, 6.07) is 0.368. The first-order valence-electron chi connectivity index (χ1n) is 4.33. The van der Waals surface area contributed by atoms with Gasteiger partial charge in [0.15, 0.2) is 0 Å². The zero-order valence-corrected chi connectivity index (χ0v) is 7.72. The van der Waals surface area contributed by atoms with Crippen LogP contribution in [0, 0.1) is 11.8 Å². The van der Waals surface area contributed by atoms with Gasteiger partial charge in [0.05, 0.1) is 0 Å². The molecule has 0 aliphatic heterocycles. The van der Waals surface area contributed by atoms with Gasteiger partial charge in [0, 0.05) is 6.04 Å². The number of rotatable bonds is 4. The molecule has 10 heavy (non-hydrogen) atoms. The Morgan fingerprint density at radius 2 is 1.70 bits per heavy atom. The highest BCUT2D eigenvalue weighted by Crippen LogP contribution is 2.17. The Morgan fingerprint density at radius 1 is 1.20 bits per heavy atom. The third-order valence-electron chi connectivity index (χ3n) is 2.04. The lowest BCUT2D eigenvalue weighted by Crippen LogP contribution is -2.27. The maximum atomic E-state index is 5.80. The van der Waals surface area contributed by atoms with Gasteiger partial charge in [0.1, 0.15) is 0 Å². The Bertz CT molecular complexity index is 76.8. The number of hydrogen-bond acceptors (Lipinski definition) is 1. The van der Waals surface area contributed by atoms with Gasteiger partial charge < -0.3 is 5.73 Å². The lowest BCUT2D eigenvalue weighted by Gasteiger charge is -2.20. The third kappa shape index (κ3) is 3.89. The fraction of sp³-hybridized carbons (Fsp3) is 1.00. The van der Waals surface area contributed by atoms with Gasteiger partial charge in [-0.2, -0.15) is 0 Å². The topological polar surface area (TPSA) is 26.0 Å². The Morgan fingerprint density at radius 3 is 1.80 bits per heavy atom. The van der Waals surface area contributed by atoms with Crippen LogP contribution in [0.3, 0.4) is 0 Å². The van der Waals surface area contributed by atoms with Crippen LogP contribution in [-0.2, 0) is 0 Å². The Labute approximate surface area is 65.0 Å². The van der Waals surface area contributed by atoms with Crippen molar-refractivity contribution in [2.24, 2.45) is 17.6 Å².